The van der Waals surface area contributed by atoms with Crippen molar-refractivity contribution in [2.24, 2.45) is 0 Å². The first-order chi connectivity index (χ1) is 12.2. The van der Waals surface area contributed by atoms with E-state index in [0.29, 0.717) is 24.1 Å². The third-order valence-corrected chi connectivity index (χ3v) is 5.17. The van der Waals surface area contributed by atoms with Crippen LogP contribution in [0.2, 0.25) is 0 Å². The van der Waals surface area contributed by atoms with Crippen LogP contribution in [0.3, 0.4) is 0 Å². The molecule has 2 aromatic heterocycles. The average molecular weight is 353 g/mol. The second kappa shape index (κ2) is 6.60. The Bertz CT molecular complexity index is 953. The number of carbonyl (C=O) groups is 2. The van der Waals surface area contributed by atoms with Crippen molar-refractivity contribution < 1.29 is 14.3 Å². The summed E-state index contributed by atoms with van der Waals surface area (Å²) < 4.78 is 5.13. The molecule has 0 fully saturated rings. The summed E-state index contributed by atoms with van der Waals surface area (Å²) in [5.74, 6) is -0.834. The quantitative estimate of drug-likeness (QED) is 0.676. The standard InChI is InChI=1S/C18H15N3O3S/c22-17(21-7-5-16-12(10-21)6-8-25-16)11-24-18(23)15-9-19-13-3-1-2-4-14(13)20-15/h1-4,6,8-9H,5,7,10-11H2. The lowest BCUT2D eigenvalue weighted by Gasteiger charge is -2.26. The molecule has 1 aromatic carbocycles. The summed E-state index contributed by atoms with van der Waals surface area (Å²) in [6.07, 6.45) is 2.22. The topological polar surface area (TPSA) is 72.4 Å². The molecule has 0 bridgehead atoms. The maximum Gasteiger partial charge on any atom is 0.359 e. The van der Waals surface area contributed by atoms with Crippen LogP contribution >= 0.6 is 11.3 Å². The number of hydrogen-bond donors (Lipinski definition) is 0. The minimum Gasteiger partial charge on any atom is -0.451 e. The fourth-order valence-corrected chi connectivity index (χ4v) is 3.70. The van der Waals surface area contributed by atoms with E-state index in [4.69, 9.17) is 4.74 Å². The third kappa shape index (κ3) is 3.23. The van der Waals surface area contributed by atoms with Crippen LogP contribution in [-0.4, -0.2) is 39.9 Å². The van der Waals surface area contributed by atoms with Gasteiger partial charge in [0, 0.05) is 18.0 Å². The first-order valence-corrected chi connectivity index (χ1v) is 8.80. The lowest BCUT2D eigenvalue weighted by atomic mass is 10.1. The molecule has 0 saturated carbocycles. The number of thiophene rings is 1. The Labute approximate surface area is 148 Å². The minimum atomic E-state index is -0.639. The first-order valence-electron chi connectivity index (χ1n) is 7.92. The zero-order valence-electron chi connectivity index (χ0n) is 13.3. The van der Waals surface area contributed by atoms with Crippen LogP contribution in [0.25, 0.3) is 11.0 Å². The maximum absolute atomic E-state index is 12.3. The summed E-state index contributed by atoms with van der Waals surface area (Å²) in [6.45, 7) is 0.942. The van der Waals surface area contributed by atoms with E-state index in [0.717, 1.165) is 6.42 Å². The molecule has 126 valence electrons. The Kier molecular flexibility index (Phi) is 4.15. The number of esters is 1. The molecule has 0 radical (unpaired) electrons. The smallest absolute Gasteiger partial charge is 0.359 e. The monoisotopic (exact) mass is 353 g/mol. The maximum atomic E-state index is 12.3. The Hall–Kier alpha value is -2.80. The molecule has 0 spiro atoms. The van der Waals surface area contributed by atoms with Gasteiger partial charge >= 0.3 is 5.97 Å². The van der Waals surface area contributed by atoms with E-state index in [-0.39, 0.29) is 18.2 Å². The third-order valence-electron chi connectivity index (χ3n) is 4.14. The fraction of sp³-hybridized carbons (Fsp3) is 0.222. The lowest BCUT2D eigenvalue weighted by Crippen LogP contribution is -2.38. The van der Waals surface area contributed by atoms with Gasteiger partial charge in [0.2, 0.25) is 0 Å². The number of rotatable bonds is 3. The number of fused-ring (bicyclic) bond motifs is 2. The van der Waals surface area contributed by atoms with Crippen molar-refractivity contribution in [3.63, 3.8) is 0 Å². The van der Waals surface area contributed by atoms with E-state index < -0.39 is 5.97 Å². The average Bonchev–Trinajstić information content (AvgIpc) is 3.13. The van der Waals surface area contributed by atoms with E-state index in [9.17, 15) is 9.59 Å². The zero-order chi connectivity index (χ0) is 17.2. The van der Waals surface area contributed by atoms with E-state index in [1.807, 2.05) is 29.6 Å². The predicted octanol–water partition coefficient (Wildman–Crippen LogP) is 2.43. The zero-order valence-corrected chi connectivity index (χ0v) is 14.2. The molecule has 0 unspecified atom stereocenters. The number of hydrogen-bond acceptors (Lipinski definition) is 6. The molecule has 4 rings (SSSR count). The number of carbonyl (C=O) groups excluding carboxylic acids is 2. The number of ether oxygens (including phenoxy) is 1. The Morgan fingerprint density at radius 1 is 1.20 bits per heavy atom. The van der Waals surface area contributed by atoms with E-state index in [1.165, 1.54) is 16.6 Å². The molecule has 3 aromatic rings. The van der Waals surface area contributed by atoms with Gasteiger partial charge in [0.15, 0.2) is 12.3 Å². The van der Waals surface area contributed by atoms with Gasteiger partial charge in [0.05, 0.1) is 17.2 Å². The van der Waals surface area contributed by atoms with Crippen molar-refractivity contribution in [1.82, 2.24) is 14.9 Å². The van der Waals surface area contributed by atoms with Crippen LogP contribution in [0.15, 0.2) is 41.9 Å². The molecule has 1 aliphatic heterocycles. The first kappa shape index (κ1) is 15.7. The highest BCUT2D eigenvalue weighted by Gasteiger charge is 2.22. The normalized spacial score (nSPS) is 13.5. The SMILES string of the molecule is O=C(OCC(=O)N1CCc2sccc2C1)c1cnc2ccccc2n1. The van der Waals surface area contributed by atoms with Gasteiger partial charge in [-0.2, -0.15) is 0 Å². The van der Waals surface area contributed by atoms with E-state index in [2.05, 4.69) is 9.97 Å². The van der Waals surface area contributed by atoms with Gasteiger partial charge in [-0.05, 0) is 35.6 Å². The number of para-hydroxylation sites is 2. The van der Waals surface area contributed by atoms with Crippen LogP contribution in [0.5, 0.6) is 0 Å². The van der Waals surface area contributed by atoms with Crippen molar-refractivity contribution in [2.75, 3.05) is 13.2 Å². The number of amides is 1. The molecule has 0 saturated heterocycles. The van der Waals surface area contributed by atoms with Gasteiger partial charge in [-0.1, -0.05) is 12.1 Å². The molecule has 0 atom stereocenters. The predicted molar refractivity (Wildman–Crippen MR) is 93.3 cm³/mol. The highest BCUT2D eigenvalue weighted by molar-refractivity contribution is 7.10. The summed E-state index contributed by atoms with van der Waals surface area (Å²) in [5, 5.41) is 2.04. The van der Waals surface area contributed by atoms with Crippen LogP contribution in [0, 0.1) is 0 Å². The van der Waals surface area contributed by atoms with Gasteiger partial charge in [0.1, 0.15) is 0 Å². The summed E-state index contributed by atoms with van der Waals surface area (Å²) in [6, 6.07) is 9.30. The molecule has 7 heteroatoms. The Balaban J connectivity index is 1.38. The van der Waals surface area contributed by atoms with Crippen molar-refractivity contribution in [1.29, 1.82) is 0 Å². The summed E-state index contributed by atoms with van der Waals surface area (Å²) in [4.78, 5) is 35.9. The molecule has 1 amide bonds. The number of nitrogens with zero attached hydrogens (tertiary/aromatic N) is 3. The second-order valence-electron chi connectivity index (χ2n) is 5.75. The molecular weight excluding hydrogens is 338 g/mol. The molecule has 6 nitrogen and oxygen atoms in total. The van der Waals surface area contributed by atoms with Gasteiger partial charge < -0.3 is 9.64 Å². The van der Waals surface area contributed by atoms with Gasteiger partial charge in [-0.25, -0.2) is 9.78 Å². The van der Waals surface area contributed by atoms with E-state index >= 15 is 0 Å². The number of benzene rings is 1. The second-order valence-corrected chi connectivity index (χ2v) is 6.76. The molecule has 25 heavy (non-hydrogen) atoms. The van der Waals surface area contributed by atoms with E-state index in [1.54, 1.807) is 22.3 Å². The largest absolute Gasteiger partial charge is 0.451 e. The van der Waals surface area contributed by atoms with Crippen molar-refractivity contribution in [3.05, 3.63) is 58.0 Å². The summed E-state index contributed by atoms with van der Waals surface area (Å²) in [5.41, 5.74) is 2.60. The molecule has 1 aliphatic rings. The summed E-state index contributed by atoms with van der Waals surface area (Å²) in [7, 11) is 0. The van der Waals surface area contributed by atoms with Crippen LogP contribution in [-0.2, 0) is 22.5 Å². The minimum absolute atomic E-state index is 0.102. The van der Waals surface area contributed by atoms with Crippen molar-refractivity contribution in [2.45, 2.75) is 13.0 Å². The van der Waals surface area contributed by atoms with Gasteiger partial charge in [-0.15, -0.1) is 11.3 Å². The highest BCUT2D eigenvalue weighted by atomic mass is 32.1. The molecule has 0 aliphatic carbocycles. The fourth-order valence-electron chi connectivity index (χ4n) is 2.81. The lowest BCUT2D eigenvalue weighted by molar-refractivity contribution is -0.135. The highest BCUT2D eigenvalue weighted by Crippen LogP contribution is 2.24. The van der Waals surface area contributed by atoms with Crippen LogP contribution in [0.1, 0.15) is 20.9 Å². The van der Waals surface area contributed by atoms with Crippen molar-refractivity contribution in [3.8, 4) is 0 Å². The molecule has 0 N–H and O–H groups in total. The van der Waals surface area contributed by atoms with Crippen molar-refractivity contribution >= 4 is 34.2 Å². The molecular formula is C18H15N3O3S. The summed E-state index contributed by atoms with van der Waals surface area (Å²) >= 11 is 1.72. The van der Waals surface area contributed by atoms with Crippen LogP contribution in [0.4, 0.5) is 0 Å². The Morgan fingerprint density at radius 3 is 2.92 bits per heavy atom. The number of aromatic nitrogens is 2. The molecule has 3 heterocycles. The van der Waals surface area contributed by atoms with Crippen LogP contribution < -0.4 is 0 Å². The Morgan fingerprint density at radius 2 is 2.04 bits per heavy atom. The van der Waals surface area contributed by atoms with Gasteiger partial charge in [-0.3, -0.25) is 9.78 Å². The van der Waals surface area contributed by atoms with Gasteiger partial charge in [0.25, 0.3) is 5.91 Å².